The second-order valence-electron chi connectivity index (χ2n) is 7.51. The zero-order valence-corrected chi connectivity index (χ0v) is 16.6. The SMILES string of the molecule is CC(C)(C)OC(=O)NC(Cc1cccc(-c2ccc(OC(F)(F)F)cc2)c1)C(=O)O. The van der Waals surface area contributed by atoms with Gasteiger partial charge in [0, 0.05) is 6.42 Å². The van der Waals surface area contributed by atoms with E-state index in [1.807, 2.05) is 0 Å². The van der Waals surface area contributed by atoms with Crippen molar-refractivity contribution in [3.8, 4) is 16.9 Å². The lowest BCUT2D eigenvalue weighted by Crippen LogP contribution is -2.44. The second kappa shape index (κ2) is 9.06. The number of alkyl carbamates (subject to hydrolysis) is 1. The summed E-state index contributed by atoms with van der Waals surface area (Å²) in [6.45, 7) is 4.99. The molecule has 0 saturated heterocycles. The summed E-state index contributed by atoms with van der Waals surface area (Å²) in [5, 5.41) is 11.7. The summed E-state index contributed by atoms with van der Waals surface area (Å²) in [5.41, 5.74) is 1.15. The average molecular weight is 425 g/mol. The summed E-state index contributed by atoms with van der Waals surface area (Å²) in [6, 6.07) is 10.9. The maximum atomic E-state index is 12.3. The third-order valence-electron chi connectivity index (χ3n) is 3.78. The molecule has 2 rings (SSSR count). The van der Waals surface area contributed by atoms with Crippen molar-refractivity contribution in [1.29, 1.82) is 0 Å². The molecule has 0 spiro atoms. The highest BCUT2D eigenvalue weighted by molar-refractivity contribution is 5.80. The van der Waals surface area contributed by atoms with Crippen molar-refractivity contribution in [3.05, 3.63) is 54.1 Å². The maximum absolute atomic E-state index is 12.3. The Morgan fingerprint density at radius 1 is 1.03 bits per heavy atom. The zero-order chi connectivity index (χ0) is 22.5. The number of benzene rings is 2. The van der Waals surface area contributed by atoms with E-state index in [4.69, 9.17) is 4.74 Å². The number of amides is 1. The number of alkyl halides is 3. The number of ether oxygens (including phenoxy) is 2. The van der Waals surface area contributed by atoms with E-state index in [-0.39, 0.29) is 12.2 Å². The van der Waals surface area contributed by atoms with Crippen LogP contribution < -0.4 is 10.1 Å². The Balaban J connectivity index is 2.13. The van der Waals surface area contributed by atoms with Crippen LogP contribution in [0.25, 0.3) is 11.1 Å². The minimum atomic E-state index is -4.77. The first-order valence-electron chi connectivity index (χ1n) is 9.00. The maximum Gasteiger partial charge on any atom is 0.573 e. The molecule has 2 aromatic rings. The molecule has 0 heterocycles. The minimum absolute atomic E-state index is 0.00230. The molecule has 0 radical (unpaired) electrons. The van der Waals surface area contributed by atoms with Gasteiger partial charge in [-0.1, -0.05) is 36.4 Å². The molecule has 0 fully saturated rings. The third kappa shape index (κ3) is 7.65. The van der Waals surface area contributed by atoms with Crippen molar-refractivity contribution in [2.24, 2.45) is 0 Å². The minimum Gasteiger partial charge on any atom is -0.480 e. The molecular formula is C21H22F3NO5. The van der Waals surface area contributed by atoms with Crippen molar-refractivity contribution in [2.45, 2.75) is 45.2 Å². The predicted molar refractivity (Wildman–Crippen MR) is 103 cm³/mol. The fourth-order valence-corrected chi connectivity index (χ4v) is 2.61. The Bertz CT molecular complexity index is 889. The second-order valence-corrected chi connectivity index (χ2v) is 7.51. The van der Waals surface area contributed by atoms with Crippen LogP contribution in [-0.2, 0) is 16.0 Å². The third-order valence-corrected chi connectivity index (χ3v) is 3.78. The molecule has 1 unspecified atom stereocenters. The van der Waals surface area contributed by atoms with Crippen molar-refractivity contribution < 1.29 is 37.3 Å². The molecule has 0 aliphatic rings. The van der Waals surface area contributed by atoms with Crippen LogP contribution in [0.2, 0.25) is 0 Å². The van der Waals surface area contributed by atoms with Crippen molar-refractivity contribution in [3.63, 3.8) is 0 Å². The largest absolute Gasteiger partial charge is 0.573 e. The van der Waals surface area contributed by atoms with E-state index < -0.39 is 30.1 Å². The fourth-order valence-electron chi connectivity index (χ4n) is 2.61. The predicted octanol–water partition coefficient (Wildman–Crippen LogP) is 4.77. The van der Waals surface area contributed by atoms with Crippen LogP contribution in [0.15, 0.2) is 48.5 Å². The van der Waals surface area contributed by atoms with Crippen LogP contribution in [-0.4, -0.2) is 35.2 Å². The number of carboxylic acid groups (broad SMARTS) is 1. The summed E-state index contributed by atoms with van der Waals surface area (Å²) in [4.78, 5) is 23.4. The number of nitrogens with one attached hydrogen (secondary N) is 1. The lowest BCUT2D eigenvalue weighted by atomic mass is 9.99. The number of carbonyl (C=O) groups excluding carboxylic acids is 1. The highest BCUT2D eigenvalue weighted by Crippen LogP contribution is 2.27. The Morgan fingerprint density at radius 2 is 1.67 bits per heavy atom. The Kier molecular flexibility index (Phi) is 6.96. The Hall–Kier alpha value is -3.23. The molecule has 162 valence electrons. The molecule has 30 heavy (non-hydrogen) atoms. The van der Waals surface area contributed by atoms with Crippen LogP contribution in [0, 0.1) is 0 Å². The van der Waals surface area contributed by atoms with Gasteiger partial charge in [0.2, 0.25) is 0 Å². The van der Waals surface area contributed by atoms with Crippen molar-refractivity contribution >= 4 is 12.1 Å². The number of hydrogen-bond donors (Lipinski definition) is 2. The highest BCUT2D eigenvalue weighted by Gasteiger charge is 2.31. The number of halogens is 3. The van der Waals surface area contributed by atoms with Gasteiger partial charge in [0.15, 0.2) is 0 Å². The number of carbonyl (C=O) groups is 2. The molecule has 2 N–H and O–H groups in total. The zero-order valence-electron chi connectivity index (χ0n) is 16.6. The quantitative estimate of drug-likeness (QED) is 0.696. The molecule has 1 amide bonds. The first-order chi connectivity index (χ1) is 13.8. The first kappa shape index (κ1) is 23.1. The van der Waals surface area contributed by atoms with E-state index in [0.717, 1.165) is 0 Å². The van der Waals surface area contributed by atoms with E-state index in [1.54, 1.807) is 45.0 Å². The van der Waals surface area contributed by atoms with Gasteiger partial charge >= 0.3 is 18.4 Å². The monoisotopic (exact) mass is 425 g/mol. The Labute approximate surface area is 171 Å². The van der Waals surface area contributed by atoms with Gasteiger partial charge in [-0.15, -0.1) is 13.2 Å². The molecular weight excluding hydrogens is 403 g/mol. The van der Waals surface area contributed by atoms with Crippen LogP contribution in [0.3, 0.4) is 0 Å². The molecule has 0 saturated carbocycles. The molecule has 9 heteroatoms. The topological polar surface area (TPSA) is 84.9 Å². The van der Waals surface area contributed by atoms with E-state index in [0.29, 0.717) is 16.7 Å². The van der Waals surface area contributed by atoms with Gasteiger partial charge in [-0.25, -0.2) is 9.59 Å². The van der Waals surface area contributed by atoms with Gasteiger partial charge in [0.1, 0.15) is 17.4 Å². The number of carboxylic acids is 1. The molecule has 0 aliphatic carbocycles. The average Bonchev–Trinajstić information content (AvgIpc) is 2.59. The van der Waals surface area contributed by atoms with Crippen LogP contribution in [0.1, 0.15) is 26.3 Å². The Morgan fingerprint density at radius 3 is 2.20 bits per heavy atom. The molecule has 6 nitrogen and oxygen atoms in total. The lowest BCUT2D eigenvalue weighted by molar-refractivity contribution is -0.274. The van der Waals surface area contributed by atoms with Gasteiger partial charge in [-0.2, -0.15) is 0 Å². The summed E-state index contributed by atoms with van der Waals surface area (Å²) in [7, 11) is 0. The summed E-state index contributed by atoms with van der Waals surface area (Å²) >= 11 is 0. The summed E-state index contributed by atoms with van der Waals surface area (Å²) in [5.74, 6) is -1.56. The van der Waals surface area contributed by atoms with E-state index in [9.17, 15) is 27.9 Å². The van der Waals surface area contributed by atoms with Crippen LogP contribution in [0.5, 0.6) is 5.75 Å². The van der Waals surface area contributed by atoms with Gasteiger partial charge < -0.3 is 19.9 Å². The van der Waals surface area contributed by atoms with E-state index in [1.165, 1.54) is 24.3 Å². The number of rotatable bonds is 6. The van der Waals surface area contributed by atoms with Gasteiger partial charge in [-0.05, 0) is 49.6 Å². The molecule has 0 aliphatic heterocycles. The lowest BCUT2D eigenvalue weighted by Gasteiger charge is -2.22. The normalized spacial score (nSPS) is 12.7. The molecule has 0 bridgehead atoms. The molecule has 1 atom stereocenters. The molecule has 0 aromatic heterocycles. The van der Waals surface area contributed by atoms with Gasteiger partial charge in [-0.3, -0.25) is 0 Å². The van der Waals surface area contributed by atoms with Crippen LogP contribution >= 0.6 is 0 Å². The van der Waals surface area contributed by atoms with Gasteiger partial charge in [0.05, 0.1) is 0 Å². The van der Waals surface area contributed by atoms with Crippen molar-refractivity contribution in [1.82, 2.24) is 5.32 Å². The van der Waals surface area contributed by atoms with Crippen molar-refractivity contribution in [2.75, 3.05) is 0 Å². The standard InChI is InChI=1S/C21H22F3NO5/c1-20(2,3)30-19(28)25-17(18(26)27)12-13-5-4-6-15(11-13)14-7-9-16(10-8-14)29-21(22,23)24/h4-11,17H,12H2,1-3H3,(H,25,28)(H,26,27). The van der Waals surface area contributed by atoms with E-state index in [2.05, 4.69) is 10.1 Å². The fraction of sp³-hybridized carbons (Fsp3) is 0.333. The summed E-state index contributed by atoms with van der Waals surface area (Å²) < 4.78 is 45.8. The smallest absolute Gasteiger partial charge is 0.480 e. The van der Waals surface area contributed by atoms with Gasteiger partial charge in [0.25, 0.3) is 0 Å². The number of hydrogen-bond acceptors (Lipinski definition) is 4. The summed E-state index contributed by atoms with van der Waals surface area (Å²) in [6.07, 6.45) is -5.61. The van der Waals surface area contributed by atoms with Crippen LogP contribution in [0.4, 0.5) is 18.0 Å². The number of aliphatic carboxylic acids is 1. The highest BCUT2D eigenvalue weighted by atomic mass is 19.4. The first-order valence-corrected chi connectivity index (χ1v) is 9.00. The molecule has 2 aromatic carbocycles. The van der Waals surface area contributed by atoms with E-state index >= 15 is 0 Å².